The van der Waals surface area contributed by atoms with Crippen molar-refractivity contribution in [2.24, 2.45) is 11.7 Å². The topological polar surface area (TPSA) is 55.1 Å². The van der Waals surface area contributed by atoms with Crippen molar-refractivity contribution < 1.29 is 4.79 Å². The number of amides is 1. The van der Waals surface area contributed by atoms with Crippen LogP contribution in [-0.2, 0) is 4.79 Å². The van der Waals surface area contributed by atoms with Gasteiger partial charge >= 0.3 is 0 Å². The average molecular weight is 252 g/mol. The highest BCUT2D eigenvalue weighted by atomic mass is 32.2. The van der Waals surface area contributed by atoms with Gasteiger partial charge in [0.15, 0.2) is 0 Å². The first-order chi connectivity index (χ1) is 8.19. The minimum absolute atomic E-state index is 0.0409. The van der Waals surface area contributed by atoms with E-state index in [4.69, 9.17) is 5.73 Å². The van der Waals surface area contributed by atoms with Crippen LogP contribution in [0, 0.1) is 5.92 Å². The van der Waals surface area contributed by atoms with E-state index in [-0.39, 0.29) is 11.8 Å². The Hall–Kier alpha value is -1.00. The van der Waals surface area contributed by atoms with Gasteiger partial charge in [-0.2, -0.15) is 0 Å². The van der Waals surface area contributed by atoms with Gasteiger partial charge in [0.2, 0.25) is 5.91 Å². The lowest BCUT2D eigenvalue weighted by atomic mass is 10.0. The maximum absolute atomic E-state index is 11.7. The van der Waals surface area contributed by atoms with Crippen LogP contribution in [0.5, 0.6) is 0 Å². The van der Waals surface area contributed by atoms with Crippen LogP contribution in [0.2, 0.25) is 0 Å². The molecule has 4 heteroatoms. The first-order valence-electron chi connectivity index (χ1n) is 5.83. The van der Waals surface area contributed by atoms with Gasteiger partial charge in [-0.05, 0) is 43.0 Å². The number of benzene rings is 1. The Morgan fingerprint density at radius 2 is 2.06 bits per heavy atom. The van der Waals surface area contributed by atoms with Gasteiger partial charge in [-0.1, -0.05) is 13.3 Å². The Bertz CT molecular complexity index is 347. The predicted octanol–water partition coefficient (Wildman–Crippen LogP) is 2.72. The third-order valence-electron chi connectivity index (χ3n) is 2.76. The molecule has 1 rings (SSSR count). The van der Waals surface area contributed by atoms with Gasteiger partial charge in [-0.3, -0.25) is 4.79 Å². The summed E-state index contributed by atoms with van der Waals surface area (Å²) in [6.45, 7) is 2.62. The number of rotatable bonds is 6. The van der Waals surface area contributed by atoms with Gasteiger partial charge in [0, 0.05) is 17.0 Å². The van der Waals surface area contributed by atoms with Gasteiger partial charge < -0.3 is 11.1 Å². The van der Waals surface area contributed by atoms with Crippen LogP contribution < -0.4 is 11.1 Å². The molecule has 3 N–H and O–H groups in total. The molecule has 0 aliphatic carbocycles. The van der Waals surface area contributed by atoms with E-state index in [1.165, 1.54) is 4.90 Å². The molecule has 0 aliphatic rings. The van der Waals surface area contributed by atoms with Gasteiger partial charge in [0.25, 0.3) is 0 Å². The average Bonchev–Trinajstić information content (AvgIpc) is 2.37. The Kier molecular flexibility index (Phi) is 6.08. The van der Waals surface area contributed by atoms with E-state index in [0.717, 1.165) is 12.1 Å². The maximum Gasteiger partial charge on any atom is 0.224 e. The quantitative estimate of drug-likeness (QED) is 0.765. The first-order valence-corrected chi connectivity index (χ1v) is 7.06. The summed E-state index contributed by atoms with van der Waals surface area (Å²) in [5.41, 5.74) is 6.43. The fraction of sp³-hybridized carbons (Fsp3) is 0.462. The molecule has 0 heterocycles. The molecular weight excluding hydrogens is 232 g/mol. The van der Waals surface area contributed by atoms with Crippen LogP contribution in [-0.4, -0.2) is 18.7 Å². The zero-order chi connectivity index (χ0) is 12.7. The molecule has 1 unspecified atom stereocenters. The van der Waals surface area contributed by atoms with Crippen LogP contribution in [0.25, 0.3) is 0 Å². The third-order valence-corrected chi connectivity index (χ3v) is 3.50. The fourth-order valence-electron chi connectivity index (χ4n) is 1.54. The Morgan fingerprint density at radius 3 is 2.53 bits per heavy atom. The molecule has 1 atom stereocenters. The standard InChI is InChI=1S/C13H20N2OS/c1-3-10(9-14)8-13(16)15-11-4-6-12(17-2)7-5-11/h4-7,10H,3,8-9,14H2,1-2H3,(H,15,16). The summed E-state index contributed by atoms with van der Waals surface area (Å²) in [4.78, 5) is 12.9. The van der Waals surface area contributed by atoms with Crippen LogP contribution in [0.15, 0.2) is 29.2 Å². The van der Waals surface area contributed by atoms with Crippen molar-refractivity contribution in [3.05, 3.63) is 24.3 Å². The van der Waals surface area contributed by atoms with Gasteiger partial charge in [0.05, 0.1) is 0 Å². The van der Waals surface area contributed by atoms with Crippen molar-refractivity contribution in [3.63, 3.8) is 0 Å². The predicted molar refractivity (Wildman–Crippen MR) is 74.3 cm³/mol. The fourth-order valence-corrected chi connectivity index (χ4v) is 1.95. The lowest BCUT2D eigenvalue weighted by molar-refractivity contribution is -0.117. The molecule has 0 spiro atoms. The summed E-state index contributed by atoms with van der Waals surface area (Å²) in [5.74, 6) is 0.319. The van der Waals surface area contributed by atoms with Crippen LogP contribution in [0.3, 0.4) is 0 Å². The normalized spacial score (nSPS) is 12.2. The van der Waals surface area contributed by atoms with Crippen molar-refractivity contribution in [1.29, 1.82) is 0 Å². The van der Waals surface area contributed by atoms with Gasteiger partial charge in [0.1, 0.15) is 0 Å². The molecule has 0 bridgehead atoms. The lowest BCUT2D eigenvalue weighted by Crippen LogP contribution is -2.21. The number of hydrogen-bond donors (Lipinski definition) is 2. The Morgan fingerprint density at radius 1 is 1.41 bits per heavy atom. The zero-order valence-corrected chi connectivity index (χ0v) is 11.2. The molecule has 0 saturated heterocycles. The summed E-state index contributed by atoms with van der Waals surface area (Å²) in [6, 6.07) is 7.85. The lowest BCUT2D eigenvalue weighted by Gasteiger charge is -2.12. The number of carbonyl (C=O) groups excluding carboxylic acids is 1. The molecule has 0 aromatic heterocycles. The number of nitrogens with two attached hydrogens (primary N) is 1. The number of carbonyl (C=O) groups is 1. The van der Waals surface area contributed by atoms with Crippen LogP contribution in [0.1, 0.15) is 19.8 Å². The SMILES string of the molecule is CCC(CN)CC(=O)Nc1ccc(SC)cc1. The van der Waals surface area contributed by atoms with E-state index in [1.54, 1.807) is 11.8 Å². The van der Waals surface area contributed by atoms with Crippen LogP contribution >= 0.6 is 11.8 Å². The van der Waals surface area contributed by atoms with Crippen molar-refractivity contribution >= 4 is 23.4 Å². The molecule has 0 radical (unpaired) electrons. The summed E-state index contributed by atoms with van der Waals surface area (Å²) in [5, 5.41) is 2.89. The number of hydrogen-bond acceptors (Lipinski definition) is 3. The van der Waals surface area contributed by atoms with E-state index < -0.39 is 0 Å². The molecule has 94 valence electrons. The molecule has 1 amide bonds. The van der Waals surface area contributed by atoms with Crippen LogP contribution in [0.4, 0.5) is 5.69 Å². The van der Waals surface area contributed by atoms with E-state index in [1.807, 2.05) is 30.5 Å². The van der Waals surface area contributed by atoms with Crippen molar-refractivity contribution in [2.75, 3.05) is 18.1 Å². The molecule has 3 nitrogen and oxygen atoms in total. The molecule has 1 aromatic rings. The molecule has 1 aromatic carbocycles. The summed E-state index contributed by atoms with van der Waals surface area (Å²) < 4.78 is 0. The summed E-state index contributed by atoms with van der Waals surface area (Å²) >= 11 is 1.69. The van der Waals surface area contributed by atoms with Gasteiger partial charge in [-0.25, -0.2) is 0 Å². The minimum Gasteiger partial charge on any atom is -0.330 e. The number of nitrogens with one attached hydrogen (secondary N) is 1. The second-order valence-electron chi connectivity index (χ2n) is 3.99. The second kappa shape index (κ2) is 7.35. The summed E-state index contributed by atoms with van der Waals surface area (Å²) in [6.07, 6.45) is 3.47. The third kappa shape index (κ3) is 4.79. The highest BCUT2D eigenvalue weighted by Crippen LogP contribution is 2.18. The van der Waals surface area contributed by atoms with E-state index >= 15 is 0 Å². The zero-order valence-electron chi connectivity index (χ0n) is 10.4. The highest BCUT2D eigenvalue weighted by molar-refractivity contribution is 7.98. The van der Waals surface area contributed by atoms with Gasteiger partial charge in [-0.15, -0.1) is 11.8 Å². The minimum atomic E-state index is 0.0409. The molecule has 0 aliphatic heterocycles. The van der Waals surface area contributed by atoms with E-state index in [9.17, 15) is 4.79 Å². The molecule has 17 heavy (non-hydrogen) atoms. The highest BCUT2D eigenvalue weighted by Gasteiger charge is 2.10. The number of thioether (sulfide) groups is 1. The van der Waals surface area contributed by atoms with E-state index in [0.29, 0.717) is 13.0 Å². The van der Waals surface area contributed by atoms with Crippen molar-refractivity contribution in [2.45, 2.75) is 24.7 Å². The van der Waals surface area contributed by atoms with E-state index in [2.05, 4.69) is 12.2 Å². The molecular formula is C13H20N2OS. The van der Waals surface area contributed by atoms with Crippen molar-refractivity contribution in [1.82, 2.24) is 0 Å². The first kappa shape index (κ1) is 14.1. The molecule has 0 fully saturated rings. The maximum atomic E-state index is 11.7. The Balaban J connectivity index is 2.49. The number of anilines is 1. The largest absolute Gasteiger partial charge is 0.330 e. The molecule has 0 saturated carbocycles. The summed E-state index contributed by atoms with van der Waals surface area (Å²) in [7, 11) is 0. The monoisotopic (exact) mass is 252 g/mol. The van der Waals surface area contributed by atoms with Crippen molar-refractivity contribution in [3.8, 4) is 0 Å². The Labute approximate surface area is 107 Å². The second-order valence-corrected chi connectivity index (χ2v) is 4.87. The smallest absolute Gasteiger partial charge is 0.224 e.